The van der Waals surface area contributed by atoms with Gasteiger partial charge in [0.05, 0.1) is 5.54 Å². The predicted molar refractivity (Wildman–Crippen MR) is 229 cm³/mol. The van der Waals surface area contributed by atoms with Gasteiger partial charge in [0.15, 0.2) is 0 Å². The molecule has 2 atom stereocenters. The van der Waals surface area contributed by atoms with Crippen LogP contribution in [0.5, 0.6) is 0 Å². The van der Waals surface area contributed by atoms with Gasteiger partial charge in [0.2, 0.25) is 0 Å². The Morgan fingerprint density at radius 3 is 1.59 bits per heavy atom. The van der Waals surface area contributed by atoms with Crippen LogP contribution in [0.3, 0.4) is 0 Å². The number of aliphatic carboxylic acids is 1. The molecule has 1 aliphatic rings. The molecule has 0 saturated carbocycles. The average Bonchev–Trinajstić information content (AvgIpc) is 3.56. The van der Waals surface area contributed by atoms with Crippen LogP contribution in [0.15, 0.2) is 140 Å². The van der Waals surface area contributed by atoms with E-state index in [4.69, 9.17) is 9.47 Å². The molecule has 0 aliphatic heterocycles. The minimum atomic E-state index is -1.15. The molecular formula is C50H54N2O7. The van der Waals surface area contributed by atoms with Crippen molar-refractivity contribution in [1.29, 1.82) is 0 Å². The molecule has 1 amide bonds. The SMILES string of the molecule is CC(C)(C)OC(=O)C(CCC(=O)CCCCCC(NC(=O)OCC1c2ccccc2-c2ccccc21)C(=O)O)NC(c1ccccc1)(c1ccccc1)c1ccccc1. The molecule has 9 nitrogen and oxygen atoms in total. The van der Waals surface area contributed by atoms with Crippen molar-refractivity contribution < 1.29 is 33.8 Å². The van der Waals surface area contributed by atoms with Gasteiger partial charge in [-0.25, -0.2) is 9.59 Å². The van der Waals surface area contributed by atoms with Gasteiger partial charge < -0.3 is 19.9 Å². The average molecular weight is 795 g/mol. The lowest BCUT2D eigenvalue weighted by Crippen LogP contribution is -2.53. The molecule has 0 bridgehead atoms. The number of unbranched alkanes of at least 4 members (excludes halogenated alkanes) is 2. The van der Waals surface area contributed by atoms with Gasteiger partial charge in [-0.2, -0.15) is 0 Å². The van der Waals surface area contributed by atoms with Crippen LogP contribution in [-0.4, -0.2) is 53.2 Å². The molecule has 0 aromatic heterocycles. The highest BCUT2D eigenvalue weighted by Crippen LogP contribution is 2.44. The first-order valence-corrected chi connectivity index (χ1v) is 20.5. The number of alkyl carbamates (subject to hydrolysis) is 1. The second-order valence-corrected chi connectivity index (χ2v) is 16.1. The van der Waals surface area contributed by atoms with E-state index in [1.165, 1.54) is 0 Å². The van der Waals surface area contributed by atoms with Gasteiger partial charge in [0.1, 0.15) is 30.1 Å². The lowest BCUT2D eigenvalue weighted by Gasteiger charge is -2.40. The molecule has 0 heterocycles. The van der Waals surface area contributed by atoms with Crippen molar-refractivity contribution in [3.63, 3.8) is 0 Å². The number of Topliss-reactive ketones (excluding diaryl/α,β-unsaturated/α-hetero) is 1. The minimum absolute atomic E-state index is 0.00311. The van der Waals surface area contributed by atoms with Crippen LogP contribution in [0.4, 0.5) is 4.79 Å². The first-order valence-electron chi connectivity index (χ1n) is 20.5. The van der Waals surface area contributed by atoms with E-state index in [1.807, 2.05) is 148 Å². The van der Waals surface area contributed by atoms with E-state index in [1.54, 1.807) is 0 Å². The molecule has 6 rings (SSSR count). The maximum absolute atomic E-state index is 14.0. The van der Waals surface area contributed by atoms with Crippen LogP contribution in [0.2, 0.25) is 0 Å². The van der Waals surface area contributed by atoms with Crippen LogP contribution in [0, 0.1) is 0 Å². The number of ketones is 1. The molecule has 306 valence electrons. The largest absolute Gasteiger partial charge is 0.480 e. The van der Waals surface area contributed by atoms with E-state index >= 15 is 0 Å². The zero-order valence-corrected chi connectivity index (χ0v) is 34.1. The normalized spacial score (nSPS) is 13.4. The van der Waals surface area contributed by atoms with Crippen molar-refractivity contribution in [3.8, 4) is 11.1 Å². The molecule has 1 aliphatic carbocycles. The standard InChI is InChI=1S/C50H54N2O7/c1-49(2,3)59-47(56)45(52-50(35-20-8-4-9-21-35,36-22-10-5-11-23-36)37-24-12-6-13-25-37)33-32-38(53)26-14-7-15-31-44(46(54)55)51-48(57)58-34-43-41-29-18-16-27-39(41)40-28-17-19-30-42(40)43/h4-6,8-13,16-25,27-30,43-45,52H,7,14-15,26,31-34H2,1-3H3,(H,51,57)(H,54,55). The van der Waals surface area contributed by atoms with Crippen LogP contribution < -0.4 is 10.6 Å². The molecule has 0 spiro atoms. The Bertz CT molecular complexity index is 2040. The summed E-state index contributed by atoms with van der Waals surface area (Å²) in [5.41, 5.74) is 5.47. The van der Waals surface area contributed by atoms with Crippen molar-refractivity contribution in [1.82, 2.24) is 10.6 Å². The summed E-state index contributed by atoms with van der Waals surface area (Å²) in [6.07, 6.45) is 1.68. The van der Waals surface area contributed by atoms with E-state index < -0.39 is 41.3 Å². The highest BCUT2D eigenvalue weighted by Gasteiger charge is 2.41. The zero-order chi connectivity index (χ0) is 41.8. The first-order chi connectivity index (χ1) is 28.5. The molecule has 59 heavy (non-hydrogen) atoms. The van der Waals surface area contributed by atoms with E-state index in [0.717, 1.165) is 38.9 Å². The van der Waals surface area contributed by atoms with Crippen LogP contribution in [-0.2, 0) is 29.4 Å². The van der Waals surface area contributed by atoms with Crippen molar-refractivity contribution >= 4 is 23.8 Å². The fourth-order valence-electron chi connectivity index (χ4n) is 8.02. The fraction of sp³-hybridized carbons (Fsp3) is 0.320. The quantitative estimate of drug-likeness (QED) is 0.0428. The lowest BCUT2D eigenvalue weighted by atomic mass is 9.76. The number of carboxylic acids is 1. The minimum Gasteiger partial charge on any atom is -0.480 e. The predicted octanol–water partition coefficient (Wildman–Crippen LogP) is 9.57. The monoisotopic (exact) mass is 794 g/mol. The number of esters is 1. The van der Waals surface area contributed by atoms with Crippen molar-refractivity contribution in [2.75, 3.05) is 6.61 Å². The number of rotatable bonds is 19. The molecule has 5 aromatic carbocycles. The Labute approximate surface area is 347 Å². The second kappa shape index (κ2) is 19.6. The van der Waals surface area contributed by atoms with Gasteiger partial charge in [-0.15, -0.1) is 0 Å². The number of nitrogens with one attached hydrogen (secondary N) is 2. The molecular weight excluding hydrogens is 741 g/mol. The summed E-state index contributed by atoms with van der Waals surface area (Å²) >= 11 is 0. The number of carbonyl (C=O) groups is 4. The Balaban J connectivity index is 1.04. The summed E-state index contributed by atoms with van der Waals surface area (Å²) in [7, 11) is 0. The third kappa shape index (κ3) is 10.7. The van der Waals surface area contributed by atoms with Gasteiger partial charge in [-0.05, 0) is 79.0 Å². The zero-order valence-electron chi connectivity index (χ0n) is 34.1. The lowest BCUT2D eigenvalue weighted by molar-refractivity contribution is -0.158. The fourth-order valence-corrected chi connectivity index (χ4v) is 8.02. The Morgan fingerprint density at radius 1 is 0.610 bits per heavy atom. The maximum Gasteiger partial charge on any atom is 0.407 e. The molecule has 0 radical (unpaired) electrons. The molecule has 2 unspecified atom stereocenters. The molecule has 0 fully saturated rings. The van der Waals surface area contributed by atoms with Gasteiger partial charge in [0.25, 0.3) is 0 Å². The summed E-state index contributed by atoms with van der Waals surface area (Å²) in [4.78, 5) is 52.2. The van der Waals surface area contributed by atoms with E-state index in [-0.39, 0.29) is 44.0 Å². The van der Waals surface area contributed by atoms with E-state index in [9.17, 15) is 24.3 Å². The van der Waals surface area contributed by atoms with Crippen LogP contribution in [0.25, 0.3) is 11.1 Å². The molecule has 0 saturated heterocycles. The number of hydrogen-bond acceptors (Lipinski definition) is 7. The maximum atomic E-state index is 14.0. The smallest absolute Gasteiger partial charge is 0.407 e. The number of amides is 1. The summed E-state index contributed by atoms with van der Waals surface area (Å²) in [6, 6.07) is 44.0. The summed E-state index contributed by atoms with van der Waals surface area (Å²) < 4.78 is 11.5. The van der Waals surface area contributed by atoms with Crippen molar-refractivity contribution in [2.24, 2.45) is 0 Å². The van der Waals surface area contributed by atoms with Gasteiger partial charge in [-0.1, -0.05) is 152 Å². The van der Waals surface area contributed by atoms with E-state index in [2.05, 4.69) is 22.8 Å². The number of hydrogen-bond donors (Lipinski definition) is 3. The Morgan fingerprint density at radius 2 is 1.10 bits per heavy atom. The van der Waals surface area contributed by atoms with Gasteiger partial charge in [-0.3, -0.25) is 14.9 Å². The first kappa shape index (κ1) is 42.5. The topological polar surface area (TPSA) is 131 Å². The van der Waals surface area contributed by atoms with E-state index in [0.29, 0.717) is 19.3 Å². The number of benzene rings is 5. The van der Waals surface area contributed by atoms with Gasteiger partial charge in [0, 0.05) is 18.8 Å². The summed E-state index contributed by atoms with van der Waals surface area (Å²) in [6.45, 7) is 5.57. The highest BCUT2D eigenvalue weighted by atomic mass is 16.6. The molecule has 5 aromatic rings. The third-order valence-corrected chi connectivity index (χ3v) is 10.8. The molecule has 3 N–H and O–H groups in total. The molecule has 9 heteroatoms. The summed E-state index contributed by atoms with van der Waals surface area (Å²) in [5, 5.41) is 16.1. The van der Waals surface area contributed by atoms with Gasteiger partial charge >= 0.3 is 18.0 Å². The van der Waals surface area contributed by atoms with Crippen LogP contribution >= 0.6 is 0 Å². The third-order valence-electron chi connectivity index (χ3n) is 10.8. The Kier molecular flexibility index (Phi) is 14.1. The van der Waals surface area contributed by atoms with Crippen molar-refractivity contribution in [2.45, 2.75) is 94.9 Å². The number of carbonyl (C=O) groups excluding carboxylic acids is 3. The second-order valence-electron chi connectivity index (χ2n) is 16.1. The number of ether oxygens (including phenoxy) is 2. The number of fused-ring (bicyclic) bond motifs is 3. The van der Waals surface area contributed by atoms with Crippen molar-refractivity contribution in [3.05, 3.63) is 167 Å². The highest BCUT2D eigenvalue weighted by molar-refractivity contribution is 5.82. The van der Waals surface area contributed by atoms with Crippen LogP contribution in [0.1, 0.15) is 99.5 Å². The summed E-state index contributed by atoms with van der Waals surface area (Å²) in [5.74, 6) is -1.73. The number of carboxylic acid groups (broad SMARTS) is 1. The Hall–Kier alpha value is -6.06.